The zero-order valence-electron chi connectivity index (χ0n) is 10.8. The summed E-state index contributed by atoms with van der Waals surface area (Å²) in [6.07, 6.45) is 0. The van der Waals surface area contributed by atoms with Crippen molar-refractivity contribution < 1.29 is 4.74 Å². The van der Waals surface area contributed by atoms with Crippen LogP contribution in [-0.4, -0.2) is 7.11 Å². The second kappa shape index (κ2) is 4.36. The molecule has 0 saturated carbocycles. The summed E-state index contributed by atoms with van der Waals surface area (Å²) in [5.74, 6) is 0. The molecule has 0 aromatic heterocycles. The number of ether oxygens (including phenoxy) is 1. The summed E-state index contributed by atoms with van der Waals surface area (Å²) in [6.45, 7) is 11.8. The van der Waals surface area contributed by atoms with Gasteiger partial charge in [0.1, 0.15) is 0 Å². The van der Waals surface area contributed by atoms with Gasteiger partial charge in [0, 0.05) is 7.11 Å². The Morgan fingerprint density at radius 2 is 1.53 bits per heavy atom. The van der Waals surface area contributed by atoms with Gasteiger partial charge in [0.05, 0.1) is 6.61 Å². The molecule has 15 heavy (non-hydrogen) atoms. The van der Waals surface area contributed by atoms with Gasteiger partial charge in [-0.3, -0.25) is 0 Å². The summed E-state index contributed by atoms with van der Waals surface area (Å²) in [4.78, 5) is 0. The Kier molecular flexibility index (Phi) is 3.56. The molecule has 84 valence electrons. The maximum atomic E-state index is 5.22. The third-order valence-corrected chi connectivity index (χ3v) is 2.85. The fourth-order valence-corrected chi connectivity index (χ4v) is 1.80. The van der Waals surface area contributed by atoms with Crippen molar-refractivity contribution in [3.63, 3.8) is 0 Å². The molecule has 0 heterocycles. The van der Waals surface area contributed by atoms with Gasteiger partial charge in [0.15, 0.2) is 0 Å². The van der Waals surface area contributed by atoms with Crippen molar-refractivity contribution in [1.29, 1.82) is 0 Å². The van der Waals surface area contributed by atoms with Gasteiger partial charge >= 0.3 is 0 Å². The fourth-order valence-electron chi connectivity index (χ4n) is 1.80. The third kappa shape index (κ3) is 2.82. The Labute approximate surface area is 93.5 Å². The lowest BCUT2D eigenvalue weighted by molar-refractivity contribution is 0.184. The molecule has 0 amide bonds. The van der Waals surface area contributed by atoms with Crippen LogP contribution in [0.4, 0.5) is 0 Å². The Morgan fingerprint density at radius 1 is 1.07 bits per heavy atom. The summed E-state index contributed by atoms with van der Waals surface area (Å²) in [5, 5.41) is 0. The lowest BCUT2D eigenvalue weighted by Crippen LogP contribution is -2.12. The first-order valence-corrected chi connectivity index (χ1v) is 5.46. The van der Waals surface area contributed by atoms with Gasteiger partial charge in [-0.2, -0.15) is 0 Å². The summed E-state index contributed by atoms with van der Waals surface area (Å²) in [6, 6.07) is 4.56. The van der Waals surface area contributed by atoms with Crippen LogP contribution in [0.15, 0.2) is 12.1 Å². The van der Waals surface area contributed by atoms with Crippen LogP contribution in [0, 0.1) is 13.8 Å². The molecule has 0 atom stereocenters. The van der Waals surface area contributed by atoms with Crippen molar-refractivity contribution >= 4 is 0 Å². The lowest BCUT2D eigenvalue weighted by atomic mass is 9.84. The third-order valence-electron chi connectivity index (χ3n) is 2.85. The number of methoxy groups -OCH3 is 1. The van der Waals surface area contributed by atoms with Gasteiger partial charge in [0.25, 0.3) is 0 Å². The molecule has 0 aliphatic heterocycles. The Balaban J connectivity index is 3.19. The Bertz CT molecular complexity index is 322. The molecule has 1 nitrogen and oxygen atoms in total. The van der Waals surface area contributed by atoms with E-state index in [-0.39, 0.29) is 5.41 Å². The molecule has 0 bridgehead atoms. The van der Waals surface area contributed by atoms with E-state index in [1.807, 2.05) is 0 Å². The summed E-state index contributed by atoms with van der Waals surface area (Å²) >= 11 is 0. The second-order valence-electron chi connectivity index (χ2n) is 5.27. The van der Waals surface area contributed by atoms with E-state index in [1.54, 1.807) is 7.11 Å². The molecule has 0 radical (unpaired) electrons. The first-order chi connectivity index (χ1) is 6.86. The van der Waals surface area contributed by atoms with Crippen LogP contribution in [0.25, 0.3) is 0 Å². The van der Waals surface area contributed by atoms with E-state index in [1.165, 1.54) is 22.3 Å². The van der Waals surface area contributed by atoms with Crippen LogP contribution in [0.1, 0.15) is 43.0 Å². The zero-order valence-corrected chi connectivity index (χ0v) is 10.8. The summed E-state index contributed by atoms with van der Waals surface area (Å²) in [7, 11) is 1.75. The largest absolute Gasteiger partial charge is 0.380 e. The molecule has 0 spiro atoms. The highest BCUT2D eigenvalue weighted by Gasteiger charge is 2.15. The first kappa shape index (κ1) is 12.3. The highest BCUT2D eigenvalue weighted by atomic mass is 16.5. The molecule has 1 rings (SSSR count). The van der Waals surface area contributed by atoms with E-state index in [0.717, 1.165) is 0 Å². The van der Waals surface area contributed by atoms with Crippen LogP contribution in [0.5, 0.6) is 0 Å². The van der Waals surface area contributed by atoms with Crippen molar-refractivity contribution in [2.75, 3.05) is 7.11 Å². The number of hydrogen-bond donors (Lipinski definition) is 0. The minimum atomic E-state index is 0.223. The predicted molar refractivity (Wildman–Crippen MR) is 65.3 cm³/mol. The van der Waals surface area contributed by atoms with E-state index in [2.05, 4.69) is 46.8 Å². The number of aryl methyl sites for hydroxylation is 2. The molecule has 0 fully saturated rings. The van der Waals surface area contributed by atoms with Gasteiger partial charge in [-0.05, 0) is 41.5 Å². The number of hydrogen-bond acceptors (Lipinski definition) is 1. The van der Waals surface area contributed by atoms with Crippen LogP contribution in [-0.2, 0) is 16.8 Å². The van der Waals surface area contributed by atoms with Crippen LogP contribution < -0.4 is 0 Å². The second-order valence-corrected chi connectivity index (χ2v) is 5.27. The molecule has 0 aliphatic rings. The monoisotopic (exact) mass is 206 g/mol. The number of benzene rings is 1. The number of rotatable bonds is 2. The van der Waals surface area contributed by atoms with E-state index in [9.17, 15) is 0 Å². The van der Waals surface area contributed by atoms with Crippen molar-refractivity contribution in [1.82, 2.24) is 0 Å². The quantitative estimate of drug-likeness (QED) is 0.716. The highest BCUT2D eigenvalue weighted by Crippen LogP contribution is 2.27. The maximum Gasteiger partial charge on any atom is 0.0718 e. The van der Waals surface area contributed by atoms with Crippen LogP contribution >= 0.6 is 0 Å². The van der Waals surface area contributed by atoms with E-state index in [0.29, 0.717) is 6.61 Å². The molecule has 1 heteroatoms. The van der Waals surface area contributed by atoms with Crippen molar-refractivity contribution in [2.24, 2.45) is 0 Å². The fraction of sp³-hybridized carbons (Fsp3) is 0.571. The van der Waals surface area contributed by atoms with Crippen molar-refractivity contribution in [3.8, 4) is 0 Å². The lowest BCUT2D eigenvalue weighted by Gasteiger charge is -2.22. The Morgan fingerprint density at radius 3 is 1.87 bits per heavy atom. The minimum absolute atomic E-state index is 0.223. The molecule has 0 unspecified atom stereocenters. The van der Waals surface area contributed by atoms with Crippen molar-refractivity contribution in [3.05, 3.63) is 34.4 Å². The zero-order chi connectivity index (χ0) is 11.6. The van der Waals surface area contributed by atoms with Gasteiger partial charge in [0.2, 0.25) is 0 Å². The predicted octanol–water partition coefficient (Wildman–Crippen LogP) is 3.75. The first-order valence-electron chi connectivity index (χ1n) is 5.46. The van der Waals surface area contributed by atoms with Gasteiger partial charge in [-0.25, -0.2) is 0 Å². The summed E-state index contributed by atoms with van der Waals surface area (Å²) in [5.41, 5.74) is 5.62. The molecule has 0 N–H and O–H groups in total. The van der Waals surface area contributed by atoms with Gasteiger partial charge < -0.3 is 4.74 Å². The SMILES string of the molecule is COCc1c(C)cc(C(C)(C)C)cc1C. The maximum absolute atomic E-state index is 5.22. The molecular weight excluding hydrogens is 184 g/mol. The van der Waals surface area contributed by atoms with Crippen LogP contribution in [0.2, 0.25) is 0 Å². The molecule has 1 aromatic carbocycles. The minimum Gasteiger partial charge on any atom is -0.380 e. The average Bonchev–Trinajstić information content (AvgIpc) is 2.09. The standard InChI is InChI=1S/C14H22O/c1-10-7-12(14(3,4)5)8-11(2)13(10)9-15-6/h7-8H,9H2,1-6H3. The normalized spacial score (nSPS) is 11.9. The van der Waals surface area contributed by atoms with E-state index < -0.39 is 0 Å². The summed E-state index contributed by atoms with van der Waals surface area (Å²) < 4.78 is 5.22. The van der Waals surface area contributed by atoms with Gasteiger partial charge in [-0.1, -0.05) is 32.9 Å². The van der Waals surface area contributed by atoms with E-state index >= 15 is 0 Å². The molecule has 0 saturated heterocycles. The molecule has 1 aromatic rings. The van der Waals surface area contributed by atoms with Gasteiger partial charge in [-0.15, -0.1) is 0 Å². The Hall–Kier alpha value is -0.820. The highest BCUT2D eigenvalue weighted by molar-refractivity contribution is 5.40. The van der Waals surface area contributed by atoms with Crippen LogP contribution in [0.3, 0.4) is 0 Å². The topological polar surface area (TPSA) is 9.23 Å². The smallest absolute Gasteiger partial charge is 0.0718 e. The van der Waals surface area contributed by atoms with Crippen molar-refractivity contribution in [2.45, 2.75) is 46.6 Å². The van der Waals surface area contributed by atoms with E-state index in [4.69, 9.17) is 4.74 Å². The molecule has 0 aliphatic carbocycles. The molecular formula is C14H22O. The average molecular weight is 206 g/mol.